The highest BCUT2D eigenvalue weighted by Crippen LogP contribution is 2.33. The topological polar surface area (TPSA) is 113 Å². The van der Waals surface area contributed by atoms with E-state index in [0.29, 0.717) is 5.56 Å². The predicted octanol–water partition coefficient (Wildman–Crippen LogP) is 3.13. The minimum absolute atomic E-state index is 0.0623. The molecule has 0 aliphatic carbocycles. The summed E-state index contributed by atoms with van der Waals surface area (Å²) in [6.07, 6.45) is 0.280. The molecule has 1 aromatic rings. The number of nitro groups is 2. The lowest BCUT2D eigenvalue weighted by molar-refractivity contribution is -0.422. The second-order valence-electron chi connectivity index (χ2n) is 4.07. The zero-order chi connectivity index (χ0) is 16.0. The van der Waals surface area contributed by atoms with Gasteiger partial charge in [0.15, 0.2) is 0 Å². The summed E-state index contributed by atoms with van der Waals surface area (Å²) in [6, 6.07) is 3.43. The number of hydrogen-bond donors (Lipinski definition) is 0. The Hall–Kier alpha value is -2.22. The quantitative estimate of drug-likeness (QED) is 0.330. The summed E-state index contributed by atoms with van der Waals surface area (Å²) >= 11 is 6.06. The molecule has 1 rings (SSSR count). The van der Waals surface area contributed by atoms with Gasteiger partial charge in [0.2, 0.25) is 0 Å². The Morgan fingerprint density at radius 2 is 1.90 bits per heavy atom. The van der Waals surface area contributed by atoms with Crippen LogP contribution in [-0.4, -0.2) is 22.4 Å². The number of halogens is 1. The normalized spacial score (nSPS) is 11.7. The first-order valence-corrected chi connectivity index (χ1v) is 6.52. The van der Waals surface area contributed by atoms with Crippen molar-refractivity contribution >= 4 is 28.9 Å². The number of nitro benzene ring substituents is 2. The van der Waals surface area contributed by atoms with Crippen molar-refractivity contribution in [3.05, 3.63) is 44.0 Å². The van der Waals surface area contributed by atoms with Crippen LogP contribution in [0.1, 0.15) is 30.7 Å². The molecule has 0 heterocycles. The Labute approximate surface area is 125 Å². The standard InChI is InChI=1S/C12H13ClN2O6/c1-2-21-12(16)6-4-9(13)8-3-5-10(14(17)18)11(7-8)15(19)20/h3,5,7,9H,2,4,6H2,1H3. The zero-order valence-corrected chi connectivity index (χ0v) is 11.9. The molecule has 0 bridgehead atoms. The highest BCUT2D eigenvalue weighted by Gasteiger charge is 2.25. The number of carbonyl (C=O) groups excluding carboxylic acids is 1. The second-order valence-corrected chi connectivity index (χ2v) is 4.60. The van der Waals surface area contributed by atoms with Gasteiger partial charge in [-0.25, -0.2) is 0 Å². The van der Waals surface area contributed by atoms with Gasteiger partial charge in [0, 0.05) is 18.6 Å². The lowest BCUT2D eigenvalue weighted by atomic mass is 10.1. The van der Waals surface area contributed by atoms with E-state index >= 15 is 0 Å². The lowest BCUT2D eigenvalue weighted by Gasteiger charge is -2.09. The molecule has 114 valence electrons. The molecule has 1 atom stereocenters. The van der Waals surface area contributed by atoms with E-state index in [1.807, 2.05) is 0 Å². The van der Waals surface area contributed by atoms with E-state index in [1.54, 1.807) is 6.92 Å². The van der Waals surface area contributed by atoms with Crippen molar-refractivity contribution in [3.63, 3.8) is 0 Å². The van der Waals surface area contributed by atoms with Crippen LogP contribution >= 0.6 is 11.6 Å². The summed E-state index contributed by atoms with van der Waals surface area (Å²) in [5.74, 6) is -0.417. The first kappa shape index (κ1) is 16.8. The average molecular weight is 317 g/mol. The molecule has 0 spiro atoms. The Morgan fingerprint density at radius 3 is 2.43 bits per heavy atom. The Balaban J connectivity index is 2.88. The van der Waals surface area contributed by atoms with E-state index in [-0.39, 0.29) is 19.4 Å². The summed E-state index contributed by atoms with van der Waals surface area (Å²) in [6.45, 7) is 1.94. The zero-order valence-electron chi connectivity index (χ0n) is 11.2. The van der Waals surface area contributed by atoms with Crippen LogP contribution in [0, 0.1) is 20.2 Å². The maximum atomic E-state index is 11.2. The van der Waals surface area contributed by atoms with Gasteiger partial charge in [-0.15, -0.1) is 11.6 Å². The molecule has 0 saturated heterocycles. The van der Waals surface area contributed by atoms with Crippen LogP contribution in [0.25, 0.3) is 0 Å². The molecule has 0 amide bonds. The van der Waals surface area contributed by atoms with Crippen molar-refractivity contribution in [2.24, 2.45) is 0 Å². The SMILES string of the molecule is CCOC(=O)CCC(Cl)c1ccc([N+](=O)[O-])c([N+](=O)[O-])c1. The van der Waals surface area contributed by atoms with Crippen molar-refractivity contribution < 1.29 is 19.4 Å². The number of rotatable bonds is 7. The van der Waals surface area contributed by atoms with Gasteiger partial charge in [-0.1, -0.05) is 6.07 Å². The van der Waals surface area contributed by atoms with Gasteiger partial charge >= 0.3 is 17.3 Å². The van der Waals surface area contributed by atoms with Gasteiger partial charge in [-0.2, -0.15) is 0 Å². The summed E-state index contributed by atoms with van der Waals surface area (Å²) in [7, 11) is 0. The van der Waals surface area contributed by atoms with E-state index in [4.69, 9.17) is 16.3 Å². The smallest absolute Gasteiger partial charge is 0.346 e. The molecular weight excluding hydrogens is 304 g/mol. The molecule has 0 aliphatic heterocycles. The van der Waals surface area contributed by atoms with Crippen LogP contribution in [0.5, 0.6) is 0 Å². The van der Waals surface area contributed by atoms with Crippen LogP contribution in [0.3, 0.4) is 0 Å². The molecule has 0 aromatic heterocycles. The van der Waals surface area contributed by atoms with Gasteiger partial charge in [-0.05, 0) is 18.9 Å². The maximum absolute atomic E-state index is 11.2. The Morgan fingerprint density at radius 1 is 1.29 bits per heavy atom. The van der Waals surface area contributed by atoms with Crippen molar-refractivity contribution in [2.45, 2.75) is 25.1 Å². The largest absolute Gasteiger partial charge is 0.466 e. The summed E-state index contributed by atoms with van der Waals surface area (Å²) < 4.78 is 4.75. The van der Waals surface area contributed by atoms with Gasteiger partial charge in [0.05, 0.1) is 21.8 Å². The molecular formula is C12H13ClN2O6. The maximum Gasteiger partial charge on any atom is 0.346 e. The minimum atomic E-state index is -0.837. The molecule has 0 fully saturated rings. The van der Waals surface area contributed by atoms with E-state index in [1.165, 1.54) is 6.07 Å². The number of hydrogen-bond acceptors (Lipinski definition) is 6. The second kappa shape index (κ2) is 7.53. The number of carbonyl (C=O) groups is 1. The van der Waals surface area contributed by atoms with E-state index in [2.05, 4.69) is 0 Å². The van der Waals surface area contributed by atoms with Gasteiger partial charge < -0.3 is 4.74 Å². The predicted molar refractivity (Wildman–Crippen MR) is 74.2 cm³/mol. The van der Waals surface area contributed by atoms with Crippen LogP contribution in [0.2, 0.25) is 0 Å². The monoisotopic (exact) mass is 316 g/mol. The van der Waals surface area contributed by atoms with Gasteiger partial charge in [-0.3, -0.25) is 25.0 Å². The van der Waals surface area contributed by atoms with Crippen LogP contribution in [0.4, 0.5) is 11.4 Å². The summed E-state index contributed by atoms with van der Waals surface area (Å²) in [5, 5.41) is 20.9. The Bertz CT molecular complexity index is 563. The molecule has 8 nitrogen and oxygen atoms in total. The number of esters is 1. The van der Waals surface area contributed by atoms with E-state index in [9.17, 15) is 25.0 Å². The first-order valence-electron chi connectivity index (χ1n) is 6.09. The number of nitrogens with zero attached hydrogens (tertiary/aromatic N) is 2. The third-order valence-corrected chi connectivity index (χ3v) is 3.13. The minimum Gasteiger partial charge on any atom is -0.466 e. The molecule has 21 heavy (non-hydrogen) atoms. The molecule has 0 aliphatic rings. The van der Waals surface area contributed by atoms with Gasteiger partial charge in [0.25, 0.3) is 0 Å². The van der Waals surface area contributed by atoms with Crippen molar-refractivity contribution in [1.29, 1.82) is 0 Å². The fourth-order valence-electron chi connectivity index (χ4n) is 1.68. The molecule has 0 N–H and O–H groups in total. The first-order chi connectivity index (χ1) is 9.86. The van der Waals surface area contributed by atoms with Crippen LogP contribution in [-0.2, 0) is 9.53 Å². The third kappa shape index (κ3) is 4.67. The lowest BCUT2D eigenvalue weighted by Crippen LogP contribution is -2.05. The van der Waals surface area contributed by atoms with Crippen LogP contribution < -0.4 is 0 Å². The highest BCUT2D eigenvalue weighted by molar-refractivity contribution is 6.20. The summed E-state index contributed by atoms with van der Waals surface area (Å²) in [5.41, 5.74) is -0.879. The summed E-state index contributed by atoms with van der Waals surface area (Å²) in [4.78, 5) is 31.1. The van der Waals surface area contributed by atoms with Crippen molar-refractivity contribution in [2.75, 3.05) is 6.61 Å². The fourth-order valence-corrected chi connectivity index (χ4v) is 1.93. The van der Waals surface area contributed by atoms with Crippen LogP contribution in [0.15, 0.2) is 18.2 Å². The van der Waals surface area contributed by atoms with Crippen molar-refractivity contribution in [3.8, 4) is 0 Å². The molecule has 1 unspecified atom stereocenters. The van der Waals surface area contributed by atoms with Gasteiger partial charge in [0.1, 0.15) is 0 Å². The molecule has 9 heteroatoms. The number of benzene rings is 1. The number of alkyl halides is 1. The number of ether oxygens (including phenoxy) is 1. The van der Waals surface area contributed by atoms with Crippen molar-refractivity contribution in [1.82, 2.24) is 0 Å². The Kier molecular flexibility index (Phi) is 6.04. The third-order valence-electron chi connectivity index (χ3n) is 2.66. The molecule has 1 aromatic carbocycles. The fraction of sp³-hybridized carbons (Fsp3) is 0.417. The van der Waals surface area contributed by atoms with E-state index < -0.39 is 32.6 Å². The molecule has 0 saturated carbocycles. The average Bonchev–Trinajstić information content (AvgIpc) is 2.44. The highest BCUT2D eigenvalue weighted by atomic mass is 35.5. The van der Waals surface area contributed by atoms with E-state index in [0.717, 1.165) is 12.1 Å². The molecule has 0 radical (unpaired) electrons.